The first kappa shape index (κ1) is 11.7. The highest BCUT2D eigenvalue weighted by Crippen LogP contribution is 2.70. The van der Waals surface area contributed by atoms with E-state index in [1.807, 2.05) is 6.92 Å². The molecule has 3 aliphatic carbocycles. The summed E-state index contributed by atoms with van der Waals surface area (Å²) in [6.07, 6.45) is 3.83. The van der Waals surface area contributed by atoms with Crippen LogP contribution in [0.1, 0.15) is 53.4 Å². The maximum Gasteiger partial charge on any atom is 0.138 e. The van der Waals surface area contributed by atoms with Crippen LogP contribution in [0.15, 0.2) is 0 Å². The molecule has 3 fully saturated rings. The first-order valence-electron chi connectivity index (χ1n) is 6.94. The maximum atomic E-state index is 12.0. The fourth-order valence-corrected chi connectivity index (χ4v) is 4.93. The van der Waals surface area contributed by atoms with Crippen LogP contribution < -0.4 is 0 Å². The van der Waals surface area contributed by atoms with Crippen molar-refractivity contribution in [1.82, 2.24) is 0 Å². The van der Waals surface area contributed by atoms with Gasteiger partial charge in [-0.3, -0.25) is 4.79 Å². The van der Waals surface area contributed by atoms with Gasteiger partial charge in [-0.05, 0) is 36.0 Å². The minimum absolute atomic E-state index is 0.164. The number of carbonyl (C=O) groups is 1. The zero-order valence-corrected chi connectivity index (χ0v) is 11.4. The number of ketones is 1. The highest BCUT2D eigenvalue weighted by Gasteiger charge is 2.69. The predicted octanol–water partition coefficient (Wildman–Crippen LogP) is 2.79. The third kappa shape index (κ3) is 1.39. The molecule has 96 valence electrons. The van der Waals surface area contributed by atoms with Crippen molar-refractivity contribution in [2.45, 2.75) is 59.0 Å². The Hall–Kier alpha value is -0.370. The van der Waals surface area contributed by atoms with E-state index in [1.54, 1.807) is 0 Å². The van der Waals surface area contributed by atoms with Gasteiger partial charge in [0.15, 0.2) is 0 Å². The van der Waals surface area contributed by atoms with E-state index < -0.39 is 5.60 Å². The molecule has 2 nitrogen and oxygen atoms in total. The minimum atomic E-state index is -0.736. The number of hydrogen-bond donors (Lipinski definition) is 1. The van der Waals surface area contributed by atoms with Crippen molar-refractivity contribution in [2.24, 2.45) is 28.6 Å². The van der Waals surface area contributed by atoms with E-state index in [-0.39, 0.29) is 28.4 Å². The Morgan fingerprint density at radius 3 is 2.53 bits per heavy atom. The van der Waals surface area contributed by atoms with E-state index >= 15 is 0 Å². The number of Topliss-reactive ketones (excluding diaryl/α,β-unsaturated/α-hetero) is 1. The number of aliphatic hydroxyl groups is 1. The molecule has 17 heavy (non-hydrogen) atoms. The van der Waals surface area contributed by atoms with Gasteiger partial charge in [0.2, 0.25) is 0 Å². The first-order chi connectivity index (χ1) is 7.69. The lowest BCUT2D eigenvalue weighted by Crippen LogP contribution is -2.44. The third-order valence-corrected chi connectivity index (χ3v) is 6.06. The second-order valence-electron chi connectivity index (χ2n) is 7.89. The summed E-state index contributed by atoms with van der Waals surface area (Å²) in [6, 6.07) is 0. The highest BCUT2D eigenvalue weighted by atomic mass is 16.3. The van der Waals surface area contributed by atoms with Gasteiger partial charge in [-0.1, -0.05) is 27.7 Å². The van der Waals surface area contributed by atoms with Gasteiger partial charge in [0.25, 0.3) is 0 Å². The van der Waals surface area contributed by atoms with Crippen LogP contribution >= 0.6 is 0 Å². The molecule has 0 spiro atoms. The molecule has 0 aromatic carbocycles. The molecule has 3 rings (SSSR count). The van der Waals surface area contributed by atoms with Crippen LogP contribution in [0, 0.1) is 28.6 Å². The number of hydrogen-bond acceptors (Lipinski definition) is 2. The van der Waals surface area contributed by atoms with Gasteiger partial charge < -0.3 is 5.11 Å². The van der Waals surface area contributed by atoms with E-state index in [0.717, 1.165) is 12.3 Å². The van der Waals surface area contributed by atoms with Gasteiger partial charge in [0.05, 0.1) is 5.60 Å². The molecule has 3 aliphatic rings. The predicted molar refractivity (Wildman–Crippen MR) is 66.5 cm³/mol. The molecule has 1 N–H and O–H groups in total. The summed E-state index contributed by atoms with van der Waals surface area (Å²) in [5.41, 5.74) is -0.325. The van der Waals surface area contributed by atoms with Crippen LogP contribution in [0.3, 0.4) is 0 Å². The summed E-state index contributed by atoms with van der Waals surface area (Å²) in [5.74, 6) is 1.06. The molecule has 3 saturated carbocycles. The number of rotatable bonds is 0. The molecule has 0 heterocycles. The smallest absolute Gasteiger partial charge is 0.138 e. The Morgan fingerprint density at radius 2 is 1.88 bits per heavy atom. The fraction of sp³-hybridized carbons (Fsp3) is 0.933. The van der Waals surface area contributed by atoms with E-state index in [4.69, 9.17) is 0 Å². The SMILES string of the molecule is C[C@H]1C(=O)C[C@H]2[C@]3(C)C[C@@H]3CC(C)(C)C[C@@]12O. The molecule has 0 saturated heterocycles. The van der Waals surface area contributed by atoms with Crippen molar-refractivity contribution in [3.05, 3.63) is 0 Å². The average molecular weight is 236 g/mol. The van der Waals surface area contributed by atoms with E-state index in [9.17, 15) is 9.90 Å². The van der Waals surface area contributed by atoms with E-state index in [2.05, 4.69) is 20.8 Å². The zero-order chi connectivity index (χ0) is 12.6. The molecule has 0 unspecified atom stereocenters. The van der Waals surface area contributed by atoms with Gasteiger partial charge in [0, 0.05) is 18.3 Å². The van der Waals surface area contributed by atoms with Crippen molar-refractivity contribution in [1.29, 1.82) is 0 Å². The lowest BCUT2D eigenvalue weighted by atomic mass is 9.70. The largest absolute Gasteiger partial charge is 0.389 e. The standard InChI is InChI=1S/C15H24O2/c1-9-11(16)5-12-14(4)7-10(14)6-13(2,3)8-15(9,12)17/h9-10,12,17H,5-8H2,1-4H3/t9-,10-,12-,14+,15+/m0/s1. The number of fused-ring (bicyclic) bond motifs is 3. The Bertz CT molecular complexity index is 386. The summed E-state index contributed by atoms with van der Waals surface area (Å²) in [5, 5.41) is 11.1. The molecule has 0 aromatic heterocycles. The summed E-state index contributed by atoms with van der Waals surface area (Å²) in [4.78, 5) is 12.0. The van der Waals surface area contributed by atoms with Crippen LogP contribution in [-0.4, -0.2) is 16.5 Å². The van der Waals surface area contributed by atoms with Gasteiger partial charge in [-0.25, -0.2) is 0 Å². The molecule has 0 amide bonds. The van der Waals surface area contributed by atoms with Crippen molar-refractivity contribution < 1.29 is 9.90 Å². The zero-order valence-electron chi connectivity index (χ0n) is 11.4. The van der Waals surface area contributed by atoms with Gasteiger partial charge in [0.1, 0.15) is 5.78 Å². The summed E-state index contributed by atoms with van der Waals surface area (Å²) < 4.78 is 0. The minimum Gasteiger partial charge on any atom is -0.389 e. The van der Waals surface area contributed by atoms with E-state index in [0.29, 0.717) is 6.42 Å². The van der Waals surface area contributed by atoms with Crippen LogP contribution in [0.5, 0.6) is 0 Å². The van der Waals surface area contributed by atoms with Gasteiger partial charge in [-0.15, -0.1) is 0 Å². The fourth-order valence-electron chi connectivity index (χ4n) is 4.93. The molecule has 0 aliphatic heterocycles. The number of carbonyl (C=O) groups excluding carboxylic acids is 1. The van der Waals surface area contributed by atoms with Crippen LogP contribution in [0.25, 0.3) is 0 Å². The molecule has 0 radical (unpaired) electrons. The van der Waals surface area contributed by atoms with Crippen LogP contribution in [-0.2, 0) is 4.79 Å². The Balaban J connectivity index is 2.05. The third-order valence-electron chi connectivity index (χ3n) is 6.06. The summed E-state index contributed by atoms with van der Waals surface area (Å²) in [6.45, 7) is 8.73. The van der Waals surface area contributed by atoms with E-state index in [1.165, 1.54) is 12.8 Å². The second-order valence-corrected chi connectivity index (χ2v) is 7.89. The lowest BCUT2D eigenvalue weighted by Gasteiger charge is -2.39. The molecule has 2 heteroatoms. The summed E-state index contributed by atoms with van der Waals surface area (Å²) >= 11 is 0. The van der Waals surface area contributed by atoms with Gasteiger partial charge >= 0.3 is 0 Å². The molecule has 0 aromatic rings. The molecule has 5 atom stereocenters. The highest BCUT2D eigenvalue weighted by molar-refractivity contribution is 5.85. The van der Waals surface area contributed by atoms with Crippen molar-refractivity contribution in [2.75, 3.05) is 0 Å². The molecule has 0 bridgehead atoms. The molecular weight excluding hydrogens is 212 g/mol. The van der Waals surface area contributed by atoms with Crippen molar-refractivity contribution in [3.63, 3.8) is 0 Å². The van der Waals surface area contributed by atoms with Crippen molar-refractivity contribution in [3.8, 4) is 0 Å². The maximum absolute atomic E-state index is 12.0. The molecular formula is C15H24O2. The van der Waals surface area contributed by atoms with Crippen LogP contribution in [0.4, 0.5) is 0 Å². The van der Waals surface area contributed by atoms with Gasteiger partial charge in [-0.2, -0.15) is 0 Å². The monoisotopic (exact) mass is 236 g/mol. The first-order valence-corrected chi connectivity index (χ1v) is 6.94. The van der Waals surface area contributed by atoms with Crippen molar-refractivity contribution >= 4 is 5.78 Å². The summed E-state index contributed by atoms with van der Waals surface area (Å²) in [7, 11) is 0. The average Bonchev–Trinajstić information content (AvgIpc) is 2.75. The normalized spacial score (nSPS) is 56.1. The van der Waals surface area contributed by atoms with Crippen LogP contribution in [0.2, 0.25) is 0 Å². The topological polar surface area (TPSA) is 37.3 Å². The lowest BCUT2D eigenvalue weighted by molar-refractivity contribution is -0.125. The Labute approximate surface area is 104 Å². The second kappa shape index (κ2) is 2.96. The Morgan fingerprint density at radius 1 is 1.24 bits per heavy atom. The Kier molecular flexibility index (Phi) is 2.04. The quantitative estimate of drug-likeness (QED) is 0.702.